The van der Waals surface area contributed by atoms with Gasteiger partial charge in [-0.15, -0.1) is 0 Å². The molecule has 1 fully saturated rings. The van der Waals surface area contributed by atoms with Crippen LogP contribution >= 0.6 is 15.9 Å². The highest BCUT2D eigenvalue weighted by Crippen LogP contribution is 2.17. The molecule has 2 atom stereocenters. The molecular weight excluding hydrogens is 378 g/mol. The van der Waals surface area contributed by atoms with Crippen LogP contribution in [0.2, 0.25) is 0 Å². The van der Waals surface area contributed by atoms with Gasteiger partial charge in [-0.2, -0.15) is 5.10 Å². The number of benzene rings is 1. The Bertz CT molecular complexity index is 776. The Morgan fingerprint density at radius 2 is 2.12 bits per heavy atom. The number of carboxylic acid groups (broad SMARTS) is 1. The van der Waals surface area contributed by atoms with Crippen molar-refractivity contribution in [3.8, 4) is 5.69 Å². The molecule has 1 amide bonds. The van der Waals surface area contributed by atoms with Gasteiger partial charge in [0, 0.05) is 17.2 Å². The maximum atomic E-state index is 12.6. The number of carboxylic acids is 1. The fourth-order valence-electron chi connectivity index (χ4n) is 2.62. The van der Waals surface area contributed by atoms with Crippen molar-refractivity contribution in [2.24, 2.45) is 0 Å². The van der Waals surface area contributed by atoms with Crippen LogP contribution in [0.15, 0.2) is 41.0 Å². The molecule has 126 valence electrons. The van der Waals surface area contributed by atoms with Crippen LogP contribution in [0.1, 0.15) is 17.4 Å². The summed E-state index contributed by atoms with van der Waals surface area (Å²) in [6, 6.07) is 9.17. The molecule has 24 heavy (non-hydrogen) atoms. The summed E-state index contributed by atoms with van der Waals surface area (Å²) in [5.41, 5.74) is 1.09. The second-order valence-electron chi connectivity index (χ2n) is 5.61. The van der Waals surface area contributed by atoms with E-state index >= 15 is 0 Å². The number of ether oxygens (including phenoxy) is 1. The number of amides is 1. The summed E-state index contributed by atoms with van der Waals surface area (Å²) in [4.78, 5) is 25.2. The Kier molecular flexibility index (Phi) is 4.68. The zero-order chi connectivity index (χ0) is 17.3. The number of aliphatic carboxylic acids is 1. The third-order valence-electron chi connectivity index (χ3n) is 3.70. The maximum absolute atomic E-state index is 12.6. The minimum Gasteiger partial charge on any atom is -0.479 e. The molecule has 0 bridgehead atoms. The molecule has 2 aromatic rings. The Morgan fingerprint density at radius 3 is 2.83 bits per heavy atom. The molecule has 7 nitrogen and oxygen atoms in total. The van der Waals surface area contributed by atoms with Gasteiger partial charge >= 0.3 is 5.97 Å². The van der Waals surface area contributed by atoms with Crippen molar-refractivity contribution in [1.82, 2.24) is 14.7 Å². The fourth-order valence-corrected chi connectivity index (χ4v) is 3.00. The van der Waals surface area contributed by atoms with Crippen LogP contribution in [-0.4, -0.2) is 57.0 Å². The van der Waals surface area contributed by atoms with Crippen LogP contribution in [0.25, 0.3) is 5.69 Å². The lowest BCUT2D eigenvalue weighted by Gasteiger charge is -2.34. The number of hydrogen-bond acceptors (Lipinski definition) is 4. The first-order valence-electron chi connectivity index (χ1n) is 7.43. The summed E-state index contributed by atoms with van der Waals surface area (Å²) in [7, 11) is 0. The van der Waals surface area contributed by atoms with Gasteiger partial charge in [0.2, 0.25) is 0 Å². The third kappa shape index (κ3) is 3.49. The van der Waals surface area contributed by atoms with Gasteiger partial charge in [-0.3, -0.25) is 4.79 Å². The van der Waals surface area contributed by atoms with Crippen LogP contribution < -0.4 is 0 Å². The molecule has 0 aliphatic carbocycles. The van der Waals surface area contributed by atoms with Crippen LogP contribution in [0.5, 0.6) is 0 Å². The number of aromatic nitrogens is 2. The molecule has 1 unspecified atom stereocenters. The molecule has 1 aliphatic heterocycles. The Labute approximate surface area is 147 Å². The Hall–Kier alpha value is -2.19. The number of rotatable bonds is 3. The zero-order valence-electron chi connectivity index (χ0n) is 12.9. The minimum absolute atomic E-state index is 0.0161. The summed E-state index contributed by atoms with van der Waals surface area (Å²) >= 11 is 3.40. The predicted octanol–water partition coefficient (Wildman–Crippen LogP) is 1.95. The van der Waals surface area contributed by atoms with E-state index in [1.54, 1.807) is 23.9 Å². The van der Waals surface area contributed by atoms with E-state index in [0.717, 1.165) is 10.2 Å². The lowest BCUT2D eigenvalue weighted by molar-refractivity contribution is -0.160. The smallest absolute Gasteiger partial charge is 0.334 e. The molecule has 1 aliphatic rings. The van der Waals surface area contributed by atoms with Gasteiger partial charge in [0.15, 0.2) is 11.8 Å². The van der Waals surface area contributed by atoms with E-state index < -0.39 is 12.1 Å². The first kappa shape index (κ1) is 16.7. The summed E-state index contributed by atoms with van der Waals surface area (Å²) in [6.45, 7) is 2.10. The summed E-state index contributed by atoms with van der Waals surface area (Å²) in [5, 5.41) is 13.4. The Balaban J connectivity index is 1.79. The molecule has 8 heteroatoms. The van der Waals surface area contributed by atoms with Crippen LogP contribution in [0, 0.1) is 0 Å². The average molecular weight is 394 g/mol. The zero-order valence-corrected chi connectivity index (χ0v) is 14.5. The van der Waals surface area contributed by atoms with Crippen molar-refractivity contribution < 1.29 is 19.4 Å². The van der Waals surface area contributed by atoms with E-state index in [-0.39, 0.29) is 24.2 Å². The number of halogens is 1. The molecule has 1 aromatic carbocycles. The first-order valence-corrected chi connectivity index (χ1v) is 8.22. The maximum Gasteiger partial charge on any atom is 0.334 e. The van der Waals surface area contributed by atoms with Gasteiger partial charge in [0.05, 0.1) is 18.3 Å². The third-order valence-corrected chi connectivity index (χ3v) is 4.20. The van der Waals surface area contributed by atoms with E-state index in [9.17, 15) is 9.59 Å². The van der Waals surface area contributed by atoms with Gasteiger partial charge in [-0.1, -0.05) is 22.0 Å². The largest absolute Gasteiger partial charge is 0.479 e. The molecule has 2 heterocycles. The monoisotopic (exact) mass is 393 g/mol. The molecule has 3 rings (SSSR count). The number of nitrogens with zero attached hydrogens (tertiary/aromatic N) is 3. The predicted molar refractivity (Wildman–Crippen MR) is 89.1 cm³/mol. The highest BCUT2D eigenvalue weighted by Gasteiger charge is 2.33. The van der Waals surface area contributed by atoms with E-state index in [4.69, 9.17) is 9.84 Å². The first-order chi connectivity index (χ1) is 11.4. The second kappa shape index (κ2) is 6.74. The van der Waals surface area contributed by atoms with Crippen molar-refractivity contribution in [1.29, 1.82) is 0 Å². The van der Waals surface area contributed by atoms with Crippen molar-refractivity contribution in [3.05, 3.63) is 46.7 Å². The molecule has 0 saturated carbocycles. The SMILES string of the molecule is C[C@@H]1CN(C(=O)c2ccn(-c3cccc(Br)c3)n2)CC(C(=O)O)O1. The highest BCUT2D eigenvalue weighted by molar-refractivity contribution is 9.10. The second-order valence-corrected chi connectivity index (χ2v) is 6.52. The summed E-state index contributed by atoms with van der Waals surface area (Å²) in [5.74, 6) is -1.37. The number of hydrogen-bond donors (Lipinski definition) is 1. The van der Waals surface area contributed by atoms with Crippen molar-refractivity contribution in [3.63, 3.8) is 0 Å². The van der Waals surface area contributed by atoms with Crippen molar-refractivity contribution in [2.75, 3.05) is 13.1 Å². The molecule has 1 saturated heterocycles. The van der Waals surface area contributed by atoms with Gasteiger partial charge in [-0.25, -0.2) is 9.48 Å². The highest BCUT2D eigenvalue weighted by atomic mass is 79.9. The van der Waals surface area contributed by atoms with Crippen LogP contribution in [0.4, 0.5) is 0 Å². The normalized spacial score (nSPS) is 20.8. The molecule has 0 radical (unpaired) electrons. The van der Waals surface area contributed by atoms with Gasteiger partial charge in [0.25, 0.3) is 5.91 Å². The standard InChI is InChI=1S/C16H16BrN3O4/c1-10-8-19(9-14(24-10)16(22)23)15(21)13-5-6-20(18-13)12-4-2-3-11(17)7-12/h2-7,10,14H,8-9H2,1H3,(H,22,23)/t10-,14?/m1/s1. The quantitative estimate of drug-likeness (QED) is 0.861. The number of carbonyl (C=O) groups excluding carboxylic acids is 1. The van der Waals surface area contributed by atoms with Gasteiger partial charge in [0.1, 0.15) is 0 Å². The van der Waals surface area contributed by atoms with E-state index in [0.29, 0.717) is 6.54 Å². The molecule has 1 aromatic heterocycles. The lowest BCUT2D eigenvalue weighted by atomic mass is 10.2. The number of carbonyl (C=O) groups is 2. The van der Waals surface area contributed by atoms with E-state index in [1.165, 1.54) is 4.90 Å². The minimum atomic E-state index is -1.07. The van der Waals surface area contributed by atoms with Crippen LogP contribution in [0.3, 0.4) is 0 Å². The topological polar surface area (TPSA) is 84.7 Å². The van der Waals surface area contributed by atoms with E-state index in [2.05, 4.69) is 21.0 Å². The van der Waals surface area contributed by atoms with Crippen molar-refractivity contribution >= 4 is 27.8 Å². The van der Waals surface area contributed by atoms with Crippen molar-refractivity contribution in [2.45, 2.75) is 19.1 Å². The van der Waals surface area contributed by atoms with Gasteiger partial charge < -0.3 is 14.7 Å². The average Bonchev–Trinajstić information content (AvgIpc) is 3.03. The fraction of sp³-hybridized carbons (Fsp3) is 0.312. The van der Waals surface area contributed by atoms with Crippen LogP contribution in [-0.2, 0) is 9.53 Å². The molecule has 0 spiro atoms. The lowest BCUT2D eigenvalue weighted by Crippen LogP contribution is -2.51. The molecular formula is C16H16BrN3O4. The summed E-state index contributed by atoms with van der Waals surface area (Å²) < 4.78 is 7.85. The molecule has 1 N–H and O–H groups in total. The number of morpholine rings is 1. The van der Waals surface area contributed by atoms with E-state index in [1.807, 2.05) is 24.3 Å². The van der Waals surface area contributed by atoms with Gasteiger partial charge in [-0.05, 0) is 31.2 Å². The summed E-state index contributed by atoms with van der Waals surface area (Å²) in [6.07, 6.45) is 0.355. The Morgan fingerprint density at radius 1 is 1.33 bits per heavy atom.